The highest BCUT2D eigenvalue weighted by atomic mass is 19.1. The fourth-order valence-corrected chi connectivity index (χ4v) is 2.69. The number of benzene rings is 2. The Kier molecular flexibility index (Phi) is 4.76. The first-order valence-electron chi connectivity index (χ1n) is 7.85. The van der Waals surface area contributed by atoms with Gasteiger partial charge < -0.3 is 15.5 Å². The molecule has 2 amide bonds. The predicted molar refractivity (Wildman–Crippen MR) is 90.1 cm³/mol. The third kappa shape index (κ3) is 4.22. The average Bonchev–Trinajstić information content (AvgIpc) is 3.10. The Balaban J connectivity index is 1.49. The van der Waals surface area contributed by atoms with E-state index in [-0.39, 0.29) is 11.8 Å². The average molecular weight is 313 g/mol. The molecule has 1 heterocycles. The van der Waals surface area contributed by atoms with Crippen molar-refractivity contribution in [2.75, 3.05) is 23.3 Å². The van der Waals surface area contributed by atoms with Crippen LogP contribution in [-0.4, -0.2) is 19.1 Å². The molecule has 1 fully saturated rings. The van der Waals surface area contributed by atoms with Gasteiger partial charge in [-0.15, -0.1) is 0 Å². The number of hydrogen-bond acceptors (Lipinski definition) is 2. The SMILES string of the molecule is O=C(NCc1ccc(N2CCCC2)cc1)Nc1ccc(F)cc1. The molecule has 1 saturated heterocycles. The van der Waals surface area contributed by atoms with Crippen molar-refractivity contribution in [3.05, 3.63) is 59.9 Å². The van der Waals surface area contributed by atoms with E-state index in [0.717, 1.165) is 18.7 Å². The topological polar surface area (TPSA) is 44.4 Å². The van der Waals surface area contributed by atoms with Crippen LogP contribution in [0.25, 0.3) is 0 Å². The number of carbonyl (C=O) groups is 1. The molecule has 23 heavy (non-hydrogen) atoms. The van der Waals surface area contributed by atoms with Crippen molar-refractivity contribution >= 4 is 17.4 Å². The first-order chi connectivity index (χ1) is 11.2. The molecular weight excluding hydrogens is 293 g/mol. The molecule has 120 valence electrons. The summed E-state index contributed by atoms with van der Waals surface area (Å²) in [4.78, 5) is 14.2. The zero-order valence-electron chi connectivity index (χ0n) is 12.9. The van der Waals surface area contributed by atoms with Gasteiger partial charge in [-0.25, -0.2) is 9.18 Å². The van der Waals surface area contributed by atoms with E-state index in [0.29, 0.717) is 12.2 Å². The first kappa shape index (κ1) is 15.3. The van der Waals surface area contributed by atoms with Gasteiger partial charge in [0, 0.05) is 31.0 Å². The van der Waals surface area contributed by atoms with Crippen LogP contribution in [0.1, 0.15) is 18.4 Å². The molecule has 0 saturated carbocycles. The lowest BCUT2D eigenvalue weighted by atomic mass is 10.2. The molecule has 0 bridgehead atoms. The van der Waals surface area contributed by atoms with Crippen LogP contribution in [-0.2, 0) is 6.54 Å². The predicted octanol–water partition coefficient (Wildman–Crippen LogP) is 3.75. The summed E-state index contributed by atoms with van der Waals surface area (Å²) in [6.07, 6.45) is 2.51. The van der Waals surface area contributed by atoms with E-state index in [1.54, 1.807) is 0 Å². The first-order valence-corrected chi connectivity index (χ1v) is 7.85. The molecule has 0 unspecified atom stereocenters. The van der Waals surface area contributed by atoms with Crippen LogP contribution < -0.4 is 15.5 Å². The second kappa shape index (κ2) is 7.13. The van der Waals surface area contributed by atoms with Crippen LogP contribution in [0.15, 0.2) is 48.5 Å². The van der Waals surface area contributed by atoms with E-state index in [2.05, 4.69) is 27.7 Å². The molecular formula is C18H20FN3O. The summed E-state index contributed by atoms with van der Waals surface area (Å²) in [6.45, 7) is 2.70. The van der Waals surface area contributed by atoms with E-state index in [9.17, 15) is 9.18 Å². The molecule has 3 rings (SSSR count). The van der Waals surface area contributed by atoms with Crippen molar-refractivity contribution in [1.82, 2.24) is 5.32 Å². The minimum atomic E-state index is -0.325. The summed E-state index contributed by atoms with van der Waals surface area (Å²) in [5, 5.41) is 5.46. The lowest BCUT2D eigenvalue weighted by molar-refractivity contribution is 0.251. The number of anilines is 2. The quantitative estimate of drug-likeness (QED) is 0.903. The fourth-order valence-electron chi connectivity index (χ4n) is 2.69. The highest BCUT2D eigenvalue weighted by Gasteiger charge is 2.11. The molecule has 2 N–H and O–H groups in total. The van der Waals surface area contributed by atoms with Crippen molar-refractivity contribution in [3.8, 4) is 0 Å². The van der Waals surface area contributed by atoms with Crippen molar-refractivity contribution in [2.45, 2.75) is 19.4 Å². The maximum atomic E-state index is 12.8. The van der Waals surface area contributed by atoms with Crippen molar-refractivity contribution < 1.29 is 9.18 Å². The largest absolute Gasteiger partial charge is 0.372 e. The van der Waals surface area contributed by atoms with Gasteiger partial charge in [-0.2, -0.15) is 0 Å². The van der Waals surface area contributed by atoms with Gasteiger partial charge in [-0.05, 0) is 54.8 Å². The van der Waals surface area contributed by atoms with Gasteiger partial charge in [-0.1, -0.05) is 12.1 Å². The standard InChI is InChI=1S/C18H20FN3O/c19-15-5-7-16(8-6-15)21-18(23)20-13-14-3-9-17(10-4-14)22-11-1-2-12-22/h3-10H,1-2,11-13H2,(H2,20,21,23). The van der Waals surface area contributed by atoms with Gasteiger partial charge in [0.2, 0.25) is 0 Å². The van der Waals surface area contributed by atoms with Crippen molar-refractivity contribution in [2.24, 2.45) is 0 Å². The third-order valence-corrected chi connectivity index (χ3v) is 3.96. The summed E-state index contributed by atoms with van der Waals surface area (Å²) in [5.41, 5.74) is 2.84. The molecule has 0 spiro atoms. The van der Waals surface area contributed by atoms with Gasteiger partial charge >= 0.3 is 6.03 Å². The van der Waals surface area contributed by atoms with Crippen LogP contribution >= 0.6 is 0 Å². The Morgan fingerprint density at radius 1 is 1.00 bits per heavy atom. The van der Waals surface area contributed by atoms with E-state index in [1.807, 2.05) is 12.1 Å². The lowest BCUT2D eigenvalue weighted by Gasteiger charge is -2.17. The number of rotatable bonds is 4. The fraction of sp³-hybridized carbons (Fsp3) is 0.278. The maximum absolute atomic E-state index is 12.8. The summed E-state index contributed by atoms with van der Waals surface area (Å²) in [7, 11) is 0. The molecule has 4 nitrogen and oxygen atoms in total. The molecule has 1 aliphatic rings. The summed E-state index contributed by atoms with van der Waals surface area (Å²) in [5.74, 6) is -0.325. The van der Waals surface area contributed by atoms with Gasteiger partial charge in [0.1, 0.15) is 5.82 Å². The van der Waals surface area contributed by atoms with Gasteiger partial charge in [0.25, 0.3) is 0 Å². The maximum Gasteiger partial charge on any atom is 0.319 e. The Morgan fingerprint density at radius 3 is 2.30 bits per heavy atom. The number of nitrogens with zero attached hydrogens (tertiary/aromatic N) is 1. The smallest absolute Gasteiger partial charge is 0.319 e. The number of nitrogens with one attached hydrogen (secondary N) is 2. The van der Waals surface area contributed by atoms with E-state index in [1.165, 1.54) is 42.8 Å². The lowest BCUT2D eigenvalue weighted by Crippen LogP contribution is -2.28. The summed E-state index contributed by atoms with van der Waals surface area (Å²) >= 11 is 0. The zero-order chi connectivity index (χ0) is 16.1. The Hall–Kier alpha value is -2.56. The van der Waals surface area contributed by atoms with Crippen molar-refractivity contribution in [1.29, 1.82) is 0 Å². The Bertz CT molecular complexity index is 649. The molecule has 1 aliphatic heterocycles. The van der Waals surface area contributed by atoms with Gasteiger partial charge in [0.15, 0.2) is 0 Å². The Morgan fingerprint density at radius 2 is 1.65 bits per heavy atom. The molecule has 2 aromatic rings. The highest BCUT2D eigenvalue weighted by Crippen LogP contribution is 2.20. The van der Waals surface area contributed by atoms with Crippen LogP contribution in [0.5, 0.6) is 0 Å². The van der Waals surface area contributed by atoms with Gasteiger partial charge in [-0.3, -0.25) is 0 Å². The summed E-state index contributed by atoms with van der Waals surface area (Å²) in [6, 6.07) is 13.6. The number of carbonyl (C=O) groups excluding carboxylic acids is 1. The number of hydrogen-bond donors (Lipinski definition) is 2. The number of amides is 2. The monoisotopic (exact) mass is 313 g/mol. The third-order valence-electron chi connectivity index (χ3n) is 3.96. The minimum Gasteiger partial charge on any atom is -0.372 e. The van der Waals surface area contributed by atoms with Gasteiger partial charge in [0.05, 0.1) is 0 Å². The second-order valence-corrected chi connectivity index (χ2v) is 5.68. The van der Waals surface area contributed by atoms with Crippen molar-refractivity contribution in [3.63, 3.8) is 0 Å². The van der Waals surface area contributed by atoms with Crippen LogP contribution in [0.2, 0.25) is 0 Å². The molecule has 0 aromatic heterocycles. The minimum absolute atomic E-state index is 0.305. The molecule has 0 radical (unpaired) electrons. The number of urea groups is 1. The summed E-state index contributed by atoms with van der Waals surface area (Å²) < 4.78 is 12.8. The second-order valence-electron chi connectivity index (χ2n) is 5.68. The normalized spacial score (nSPS) is 13.9. The Labute approximate surface area is 135 Å². The van der Waals surface area contributed by atoms with Crippen LogP contribution in [0.4, 0.5) is 20.6 Å². The molecule has 0 atom stereocenters. The van der Waals surface area contributed by atoms with Crippen LogP contribution in [0, 0.1) is 5.82 Å². The zero-order valence-corrected chi connectivity index (χ0v) is 12.9. The van der Waals surface area contributed by atoms with E-state index >= 15 is 0 Å². The number of halogens is 1. The molecule has 2 aromatic carbocycles. The van der Waals surface area contributed by atoms with Crippen LogP contribution in [0.3, 0.4) is 0 Å². The highest BCUT2D eigenvalue weighted by molar-refractivity contribution is 5.89. The molecule has 0 aliphatic carbocycles. The van der Waals surface area contributed by atoms with E-state index < -0.39 is 0 Å². The van der Waals surface area contributed by atoms with E-state index in [4.69, 9.17) is 0 Å². The molecule has 5 heteroatoms.